The average Bonchev–Trinajstić information content (AvgIpc) is 3.14. The molecule has 1 N–H and O–H groups in total. The van der Waals surface area contributed by atoms with Gasteiger partial charge >= 0.3 is 6.01 Å². The Morgan fingerprint density at radius 3 is 2.67 bits per heavy atom. The van der Waals surface area contributed by atoms with Gasteiger partial charge in [0.2, 0.25) is 5.89 Å². The number of benzene rings is 2. The SMILES string of the molecule is COc1ccc(/C=C/C(=O)Nc2nnc(-c3cccc(F)c3)o2)cc1OC. The Morgan fingerprint density at radius 2 is 1.93 bits per heavy atom. The summed E-state index contributed by atoms with van der Waals surface area (Å²) in [5.74, 6) is 0.369. The number of hydrogen-bond donors (Lipinski definition) is 1. The molecule has 27 heavy (non-hydrogen) atoms. The van der Waals surface area contributed by atoms with E-state index in [0.29, 0.717) is 17.1 Å². The van der Waals surface area contributed by atoms with E-state index in [-0.39, 0.29) is 11.9 Å². The Hall–Kier alpha value is -3.68. The number of amides is 1. The molecule has 0 spiro atoms. The Bertz CT molecular complexity index is 985. The summed E-state index contributed by atoms with van der Waals surface area (Å²) in [7, 11) is 3.08. The average molecular weight is 369 g/mol. The Morgan fingerprint density at radius 1 is 1.11 bits per heavy atom. The Balaban J connectivity index is 1.67. The zero-order valence-electron chi connectivity index (χ0n) is 14.6. The van der Waals surface area contributed by atoms with Crippen LogP contribution in [0.25, 0.3) is 17.5 Å². The molecule has 1 aromatic heterocycles. The predicted molar refractivity (Wildman–Crippen MR) is 96.9 cm³/mol. The molecular formula is C19H16FN3O4. The number of ether oxygens (including phenoxy) is 2. The van der Waals surface area contributed by atoms with Crippen LogP contribution >= 0.6 is 0 Å². The number of anilines is 1. The fourth-order valence-electron chi connectivity index (χ4n) is 2.29. The first kappa shape index (κ1) is 18.1. The van der Waals surface area contributed by atoms with Crippen molar-refractivity contribution in [2.75, 3.05) is 19.5 Å². The smallest absolute Gasteiger partial charge is 0.322 e. The summed E-state index contributed by atoms with van der Waals surface area (Å²) in [6, 6.07) is 10.9. The van der Waals surface area contributed by atoms with E-state index in [1.807, 2.05) is 0 Å². The summed E-state index contributed by atoms with van der Waals surface area (Å²) < 4.78 is 28.9. The Labute approximate surface area is 154 Å². The highest BCUT2D eigenvalue weighted by atomic mass is 19.1. The minimum Gasteiger partial charge on any atom is -0.493 e. The molecular weight excluding hydrogens is 353 g/mol. The lowest BCUT2D eigenvalue weighted by Gasteiger charge is -2.07. The highest BCUT2D eigenvalue weighted by molar-refractivity contribution is 6.00. The quantitative estimate of drug-likeness (QED) is 0.669. The van der Waals surface area contributed by atoms with Crippen molar-refractivity contribution in [1.29, 1.82) is 0 Å². The lowest BCUT2D eigenvalue weighted by atomic mass is 10.2. The number of aromatic nitrogens is 2. The van der Waals surface area contributed by atoms with E-state index in [1.165, 1.54) is 31.4 Å². The molecule has 1 amide bonds. The lowest BCUT2D eigenvalue weighted by Crippen LogP contribution is -2.07. The predicted octanol–water partition coefficient (Wildman–Crippen LogP) is 3.54. The van der Waals surface area contributed by atoms with E-state index < -0.39 is 11.7 Å². The van der Waals surface area contributed by atoms with Gasteiger partial charge in [-0.05, 0) is 42.0 Å². The maximum atomic E-state index is 13.2. The van der Waals surface area contributed by atoms with Gasteiger partial charge in [-0.3, -0.25) is 10.1 Å². The largest absolute Gasteiger partial charge is 0.493 e. The molecule has 0 saturated heterocycles. The Kier molecular flexibility index (Phi) is 5.46. The van der Waals surface area contributed by atoms with Crippen LogP contribution in [-0.4, -0.2) is 30.3 Å². The molecule has 0 bridgehead atoms. The van der Waals surface area contributed by atoms with Gasteiger partial charge in [-0.25, -0.2) is 4.39 Å². The molecule has 3 rings (SSSR count). The van der Waals surface area contributed by atoms with Crippen molar-refractivity contribution in [2.24, 2.45) is 0 Å². The minimum absolute atomic E-state index is 0.0868. The van der Waals surface area contributed by atoms with Gasteiger partial charge in [0.25, 0.3) is 5.91 Å². The van der Waals surface area contributed by atoms with Crippen LogP contribution in [0.2, 0.25) is 0 Å². The van der Waals surface area contributed by atoms with Crippen LogP contribution in [0.1, 0.15) is 5.56 Å². The number of halogens is 1. The van der Waals surface area contributed by atoms with E-state index in [4.69, 9.17) is 13.9 Å². The second-order valence-electron chi connectivity index (χ2n) is 5.36. The fraction of sp³-hybridized carbons (Fsp3) is 0.105. The van der Waals surface area contributed by atoms with Crippen molar-refractivity contribution < 1.29 is 23.1 Å². The molecule has 8 heteroatoms. The van der Waals surface area contributed by atoms with Gasteiger partial charge in [0.05, 0.1) is 14.2 Å². The fourth-order valence-corrected chi connectivity index (χ4v) is 2.29. The normalized spacial score (nSPS) is 10.8. The van der Waals surface area contributed by atoms with Gasteiger partial charge in [0.1, 0.15) is 5.82 Å². The number of carbonyl (C=O) groups is 1. The highest BCUT2D eigenvalue weighted by Gasteiger charge is 2.11. The maximum absolute atomic E-state index is 13.2. The monoisotopic (exact) mass is 369 g/mol. The molecule has 7 nitrogen and oxygen atoms in total. The first-order valence-electron chi connectivity index (χ1n) is 7.89. The van der Waals surface area contributed by atoms with Crippen LogP contribution in [0.4, 0.5) is 10.4 Å². The summed E-state index contributed by atoms with van der Waals surface area (Å²) in [4.78, 5) is 12.0. The molecule has 0 aliphatic rings. The van der Waals surface area contributed by atoms with Crippen LogP contribution in [-0.2, 0) is 4.79 Å². The van der Waals surface area contributed by atoms with Gasteiger partial charge in [-0.15, -0.1) is 5.10 Å². The van der Waals surface area contributed by atoms with Crippen LogP contribution < -0.4 is 14.8 Å². The third-order valence-corrected chi connectivity index (χ3v) is 3.56. The van der Waals surface area contributed by atoms with Crippen LogP contribution in [0, 0.1) is 5.82 Å². The number of hydrogen-bond acceptors (Lipinski definition) is 6. The standard InChI is InChI=1S/C19H16FN3O4/c1-25-15-8-6-12(10-16(15)26-2)7-9-17(24)21-19-23-22-18(27-19)13-4-3-5-14(20)11-13/h3-11H,1-2H3,(H,21,23,24)/b9-7+. The number of rotatable bonds is 6. The molecule has 0 fully saturated rings. The number of nitrogens with one attached hydrogen (secondary N) is 1. The molecule has 3 aromatic rings. The summed E-state index contributed by atoms with van der Waals surface area (Å²) in [6.45, 7) is 0. The van der Waals surface area contributed by atoms with Crippen LogP contribution in [0.3, 0.4) is 0 Å². The van der Waals surface area contributed by atoms with Crippen molar-refractivity contribution in [3.63, 3.8) is 0 Å². The summed E-state index contributed by atoms with van der Waals surface area (Å²) in [5, 5.41) is 9.97. The molecule has 0 unspecified atom stereocenters. The van der Waals surface area contributed by atoms with E-state index in [1.54, 1.807) is 37.5 Å². The van der Waals surface area contributed by atoms with Crippen molar-refractivity contribution in [2.45, 2.75) is 0 Å². The van der Waals surface area contributed by atoms with E-state index in [0.717, 1.165) is 5.56 Å². The van der Waals surface area contributed by atoms with Crippen molar-refractivity contribution in [3.05, 3.63) is 59.9 Å². The summed E-state index contributed by atoms with van der Waals surface area (Å²) in [6.07, 6.45) is 2.91. The zero-order valence-corrected chi connectivity index (χ0v) is 14.6. The number of carbonyl (C=O) groups excluding carboxylic acids is 1. The molecule has 0 aliphatic heterocycles. The van der Waals surface area contributed by atoms with Crippen LogP contribution in [0.15, 0.2) is 53.0 Å². The second kappa shape index (κ2) is 8.13. The van der Waals surface area contributed by atoms with Crippen molar-refractivity contribution >= 4 is 18.0 Å². The number of nitrogens with zero attached hydrogens (tertiary/aromatic N) is 2. The highest BCUT2D eigenvalue weighted by Crippen LogP contribution is 2.28. The molecule has 0 atom stereocenters. The molecule has 138 valence electrons. The lowest BCUT2D eigenvalue weighted by molar-refractivity contribution is -0.112. The van der Waals surface area contributed by atoms with E-state index >= 15 is 0 Å². The van der Waals surface area contributed by atoms with Gasteiger partial charge in [0, 0.05) is 11.6 Å². The van der Waals surface area contributed by atoms with Crippen molar-refractivity contribution in [3.8, 4) is 23.0 Å². The third kappa shape index (κ3) is 4.49. The summed E-state index contributed by atoms with van der Waals surface area (Å²) >= 11 is 0. The topological polar surface area (TPSA) is 86.5 Å². The molecule has 0 aliphatic carbocycles. The minimum atomic E-state index is -0.459. The van der Waals surface area contributed by atoms with Crippen LogP contribution in [0.5, 0.6) is 11.5 Å². The van der Waals surface area contributed by atoms with Gasteiger partial charge in [-0.1, -0.05) is 17.2 Å². The first-order chi connectivity index (χ1) is 13.1. The van der Waals surface area contributed by atoms with Gasteiger partial charge in [-0.2, -0.15) is 0 Å². The van der Waals surface area contributed by atoms with Gasteiger partial charge < -0.3 is 13.9 Å². The third-order valence-electron chi connectivity index (χ3n) is 3.56. The maximum Gasteiger partial charge on any atom is 0.322 e. The van der Waals surface area contributed by atoms with Crippen molar-refractivity contribution in [1.82, 2.24) is 10.2 Å². The molecule has 1 heterocycles. The summed E-state index contributed by atoms with van der Waals surface area (Å²) in [5.41, 5.74) is 1.16. The molecule has 0 saturated carbocycles. The molecule has 0 radical (unpaired) electrons. The first-order valence-corrected chi connectivity index (χ1v) is 7.89. The molecule has 2 aromatic carbocycles. The van der Waals surface area contributed by atoms with Gasteiger partial charge in [0.15, 0.2) is 11.5 Å². The van der Waals surface area contributed by atoms with E-state index in [9.17, 15) is 9.18 Å². The second-order valence-corrected chi connectivity index (χ2v) is 5.36. The zero-order chi connectivity index (χ0) is 19.2. The number of methoxy groups -OCH3 is 2. The van der Waals surface area contributed by atoms with E-state index in [2.05, 4.69) is 15.5 Å².